The van der Waals surface area contributed by atoms with Crippen molar-refractivity contribution < 1.29 is 13.3 Å². The van der Waals surface area contributed by atoms with E-state index in [0.717, 1.165) is 31.7 Å². The summed E-state index contributed by atoms with van der Waals surface area (Å²) in [5.41, 5.74) is 1.90. The number of hydrogen-bond donors (Lipinski definition) is 2. The Morgan fingerprint density at radius 2 is 2.00 bits per heavy atom. The lowest BCUT2D eigenvalue weighted by Gasteiger charge is -2.23. The fraction of sp³-hybridized carbons (Fsp3) is 0.500. The zero-order valence-corrected chi connectivity index (χ0v) is 12.5. The van der Waals surface area contributed by atoms with Crippen LogP contribution in [-0.4, -0.2) is 30.7 Å². The number of rotatable bonds is 5. The zero-order chi connectivity index (χ0) is 15.6. The van der Waals surface area contributed by atoms with E-state index in [9.17, 15) is 18.5 Å². The van der Waals surface area contributed by atoms with E-state index < -0.39 is 14.9 Å². The van der Waals surface area contributed by atoms with Crippen molar-refractivity contribution >= 4 is 21.4 Å². The van der Waals surface area contributed by atoms with Gasteiger partial charge in [0.2, 0.25) is 10.0 Å². The van der Waals surface area contributed by atoms with E-state index in [0.29, 0.717) is 0 Å². The van der Waals surface area contributed by atoms with Crippen molar-refractivity contribution in [2.45, 2.75) is 36.6 Å². The van der Waals surface area contributed by atoms with Crippen LogP contribution in [0.5, 0.6) is 0 Å². The summed E-state index contributed by atoms with van der Waals surface area (Å²) < 4.78 is 26.4. The SMILES string of the molecule is CN(C1CCCC1)S(=O)(=O)c1ccc(NN)c([N+](=O)[O-])c1. The van der Waals surface area contributed by atoms with Crippen molar-refractivity contribution in [1.29, 1.82) is 0 Å². The monoisotopic (exact) mass is 314 g/mol. The van der Waals surface area contributed by atoms with Gasteiger partial charge in [-0.15, -0.1) is 0 Å². The lowest BCUT2D eigenvalue weighted by atomic mass is 10.3. The highest BCUT2D eigenvalue weighted by molar-refractivity contribution is 7.89. The van der Waals surface area contributed by atoms with Crippen LogP contribution < -0.4 is 11.3 Å². The van der Waals surface area contributed by atoms with Crippen molar-refractivity contribution in [2.24, 2.45) is 5.84 Å². The van der Waals surface area contributed by atoms with Gasteiger partial charge >= 0.3 is 0 Å². The highest BCUT2D eigenvalue weighted by atomic mass is 32.2. The smallest absolute Gasteiger partial charge is 0.294 e. The predicted octanol–water partition coefficient (Wildman–Crippen LogP) is 1.44. The molecule has 0 amide bonds. The Morgan fingerprint density at radius 3 is 2.52 bits per heavy atom. The van der Waals surface area contributed by atoms with E-state index in [2.05, 4.69) is 5.43 Å². The average molecular weight is 314 g/mol. The van der Waals surface area contributed by atoms with Gasteiger partial charge in [0.15, 0.2) is 0 Å². The summed E-state index contributed by atoms with van der Waals surface area (Å²) in [6.45, 7) is 0. The molecule has 0 aromatic heterocycles. The number of nitrogens with zero attached hydrogens (tertiary/aromatic N) is 2. The Kier molecular flexibility index (Phi) is 4.45. The minimum atomic E-state index is -3.74. The highest BCUT2D eigenvalue weighted by Crippen LogP contribution is 2.31. The van der Waals surface area contributed by atoms with Gasteiger partial charge in [0.05, 0.1) is 9.82 Å². The third-order valence-corrected chi connectivity index (χ3v) is 5.74. The molecule has 1 aromatic rings. The van der Waals surface area contributed by atoms with E-state index >= 15 is 0 Å². The quantitative estimate of drug-likeness (QED) is 0.482. The average Bonchev–Trinajstić information content (AvgIpc) is 2.99. The molecule has 0 radical (unpaired) electrons. The van der Waals surface area contributed by atoms with Gasteiger partial charge in [0, 0.05) is 19.2 Å². The molecule has 9 heteroatoms. The lowest BCUT2D eigenvalue weighted by molar-refractivity contribution is -0.384. The summed E-state index contributed by atoms with van der Waals surface area (Å²) in [6.07, 6.45) is 3.64. The number of nitro benzene ring substituents is 1. The molecule has 0 spiro atoms. The molecule has 1 fully saturated rings. The van der Waals surface area contributed by atoms with Crippen molar-refractivity contribution in [3.8, 4) is 0 Å². The third kappa shape index (κ3) is 2.99. The largest absolute Gasteiger partial charge is 0.318 e. The maximum atomic E-state index is 12.5. The van der Waals surface area contributed by atoms with E-state index in [-0.39, 0.29) is 22.3 Å². The number of hydrazine groups is 1. The van der Waals surface area contributed by atoms with Crippen LogP contribution in [0.3, 0.4) is 0 Å². The first-order chi connectivity index (χ1) is 9.87. The van der Waals surface area contributed by atoms with Crippen LogP contribution in [-0.2, 0) is 10.0 Å². The summed E-state index contributed by atoms with van der Waals surface area (Å²) in [4.78, 5) is 10.2. The Balaban J connectivity index is 2.40. The van der Waals surface area contributed by atoms with E-state index in [1.54, 1.807) is 0 Å². The molecule has 2 rings (SSSR count). The van der Waals surface area contributed by atoms with Crippen molar-refractivity contribution in [1.82, 2.24) is 4.31 Å². The number of anilines is 1. The Hall–Kier alpha value is -1.71. The molecule has 8 nitrogen and oxygen atoms in total. The van der Waals surface area contributed by atoms with Crippen LogP contribution in [0.4, 0.5) is 11.4 Å². The number of sulfonamides is 1. The minimum Gasteiger partial charge on any atom is -0.318 e. The van der Waals surface area contributed by atoms with Crippen LogP contribution in [0.15, 0.2) is 23.1 Å². The Bertz CT molecular complexity index is 641. The first-order valence-electron chi connectivity index (χ1n) is 6.61. The van der Waals surface area contributed by atoms with Crippen LogP contribution >= 0.6 is 0 Å². The molecule has 1 aliphatic rings. The normalized spacial score (nSPS) is 16.3. The van der Waals surface area contributed by atoms with Gasteiger partial charge in [-0.05, 0) is 25.0 Å². The number of benzene rings is 1. The topological polar surface area (TPSA) is 119 Å². The standard InChI is InChI=1S/C12H18N4O4S/c1-15(9-4-2-3-5-9)21(19,20)10-6-7-11(14-13)12(8-10)16(17)18/h6-9,14H,2-5,13H2,1H3. The van der Waals surface area contributed by atoms with Crippen LogP contribution in [0.1, 0.15) is 25.7 Å². The molecule has 0 heterocycles. The fourth-order valence-corrected chi connectivity index (χ4v) is 4.01. The number of hydrogen-bond acceptors (Lipinski definition) is 6. The third-order valence-electron chi connectivity index (χ3n) is 3.84. The van der Waals surface area contributed by atoms with E-state index in [1.807, 2.05) is 0 Å². The second-order valence-electron chi connectivity index (χ2n) is 5.04. The number of nitro groups is 1. The molecule has 0 atom stereocenters. The molecule has 1 aromatic carbocycles. The van der Waals surface area contributed by atoms with Gasteiger partial charge < -0.3 is 5.43 Å². The molecule has 21 heavy (non-hydrogen) atoms. The van der Waals surface area contributed by atoms with Crippen LogP contribution in [0.25, 0.3) is 0 Å². The molecule has 1 aliphatic carbocycles. The molecule has 0 unspecified atom stereocenters. The zero-order valence-electron chi connectivity index (χ0n) is 11.7. The van der Waals surface area contributed by atoms with Gasteiger partial charge in [-0.25, -0.2) is 8.42 Å². The van der Waals surface area contributed by atoms with Gasteiger partial charge in [0.25, 0.3) is 5.69 Å². The van der Waals surface area contributed by atoms with Gasteiger partial charge in [-0.2, -0.15) is 4.31 Å². The second kappa shape index (κ2) is 5.96. The lowest BCUT2D eigenvalue weighted by Crippen LogP contribution is -2.35. The van der Waals surface area contributed by atoms with E-state index in [1.165, 1.54) is 23.5 Å². The van der Waals surface area contributed by atoms with Crippen molar-refractivity contribution in [3.05, 3.63) is 28.3 Å². The first kappa shape index (κ1) is 15.7. The Morgan fingerprint density at radius 1 is 1.38 bits per heavy atom. The summed E-state index contributed by atoms with van der Waals surface area (Å²) >= 11 is 0. The molecule has 0 bridgehead atoms. The molecule has 0 saturated heterocycles. The second-order valence-corrected chi connectivity index (χ2v) is 7.04. The molecular formula is C12H18N4O4S. The molecule has 3 N–H and O–H groups in total. The van der Waals surface area contributed by atoms with Crippen LogP contribution in [0, 0.1) is 10.1 Å². The maximum absolute atomic E-state index is 12.5. The first-order valence-corrected chi connectivity index (χ1v) is 8.05. The minimum absolute atomic E-state index is 0.0404. The van der Waals surface area contributed by atoms with Crippen molar-refractivity contribution in [2.75, 3.05) is 12.5 Å². The fourth-order valence-electron chi connectivity index (χ4n) is 2.58. The molecule has 1 saturated carbocycles. The summed E-state index contributed by atoms with van der Waals surface area (Å²) in [5, 5.41) is 11.0. The Labute approximate surface area is 123 Å². The summed E-state index contributed by atoms with van der Waals surface area (Å²) in [7, 11) is -2.22. The summed E-state index contributed by atoms with van der Waals surface area (Å²) in [6, 6.07) is 3.62. The number of nitrogens with two attached hydrogens (primary N) is 1. The number of nitrogens with one attached hydrogen (secondary N) is 1. The molecular weight excluding hydrogens is 296 g/mol. The van der Waals surface area contributed by atoms with Crippen LogP contribution in [0.2, 0.25) is 0 Å². The number of nitrogen functional groups attached to an aromatic ring is 1. The van der Waals surface area contributed by atoms with Gasteiger partial charge in [-0.3, -0.25) is 16.0 Å². The van der Waals surface area contributed by atoms with Gasteiger partial charge in [0.1, 0.15) is 5.69 Å². The maximum Gasteiger partial charge on any atom is 0.294 e. The predicted molar refractivity (Wildman–Crippen MR) is 78.1 cm³/mol. The van der Waals surface area contributed by atoms with Gasteiger partial charge in [-0.1, -0.05) is 12.8 Å². The molecule has 0 aliphatic heterocycles. The highest BCUT2D eigenvalue weighted by Gasteiger charge is 2.31. The van der Waals surface area contributed by atoms with Crippen molar-refractivity contribution in [3.63, 3.8) is 0 Å². The molecule has 116 valence electrons. The van der Waals surface area contributed by atoms with E-state index in [4.69, 9.17) is 5.84 Å². The summed E-state index contributed by atoms with van der Waals surface area (Å²) in [5.74, 6) is 5.19.